The normalized spacial score (nSPS) is 12.9. The van der Waals surface area contributed by atoms with Crippen LogP contribution in [0.3, 0.4) is 0 Å². The molecule has 1 N–H and O–H groups in total. The minimum Gasteiger partial charge on any atom is -0.460 e. The van der Waals surface area contributed by atoms with Gasteiger partial charge in [-0.05, 0) is 25.0 Å². The molecule has 0 aliphatic heterocycles. The van der Waals surface area contributed by atoms with Crippen molar-refractivity contribution >= 4 is 58.1 Å². The Balaban J connectivity index is 2.71. The van der Waals surface area contributed by atoms with Crippen LogP contribution < -0.4 is 5.32 Å². The zero-order valence-electron chi connectivity index (χ0n) is 11.1. The van der Waals surface area contributed by atoms with Gasteiger partial charge in [0, 0.05) is 0 Å². The number of carbonyl (C=O) groups excluding carboxylic acids is 1. The van der Waals surface area contributed by atoms with E-state index in [-0.39, 0.29) is 6.61 Å². The van der Waals surface area contributed by atoms with E-state index in [1.165, 1.54) is 0 Å². The number of aryl methyl sites for hydroxylation is 1. The number of anilines is 1. The molecule has 0 spiro atoms. The predicted molar refractivity (Wildman–Crippen MR) is 85.2 cm³/mol. The molecule has 1 aromatic rings. The number of benzene rings is 1. The minimum absolute atomic E-state index is 0.300. The van der Waals surface area contributed by atoms with E-state index in [0.29, 0.717) is 5.02 Å². The number of esters is 1. The third-order valence-corrected chi connectivity index (χ3v) is 3.22. The van der Waals surface area contributed by atoms with Gasteiger partial charge in [0.2, 0.25) is 3.79 Å². The fraction of sp³-hybridized carbons (Fsp3) is 0.462. The highest BCUT2D eigenvalue weighted by Crippen LogP contribution is 2.28. The quantitative estimate of drug-likeness (QED) is 0.616. The molecular weight excluding hydrogens is 344 g/mol. The molecule has 0 aromatic heterocycles. The van der Waals surface area contributed by atoms with Crippen LogP contribution >= 0.6 is 46.4 Å². The van der Waals surface area contributed by atoms with Crippen molar-refractivity contribution in [3.05, 3.63) is 28.8 Å². The van der Waals surface area contributed by atoms with Crippen molar-refractivity contribution in [1.29, 1.82) is 0 Å². The van der Waals surface area contributed by atoms with Crippen LogP contribution in [0.5, 0.6) is 0 Å². The van der Waals surface area contributed by atoms with Crippen LogP contribution in [0.15, 0.2) is 18.2 Å². The van der Waals surface area contributed by atoms with Crippen molar-refractivity contribution in [3.8, 4) is 0 Å². The van der Waals surface area contributed by atoms with E-state index in [2.05, 4.69) is 5.32 Å². The summed E-state index contributed by atoms with van der Waals surface area (Å²) in [5.41, 5.74) is 1.73. The maximum absolute atomic E-state index is 11.8. The SMILES string of the molecule is CCc1cccc(Cl)c1N[C@@H](C)C(=O)OCC(Cl)(Cl)Cl. The van der Waals surface area contributed by atoms with Gasteiger partial charge in [0.25, 0.3) is 0 Å². The molecule has 0 unspecified atom stereocenters. The number of hydrogen-bond donors (Lipinski definition) is 1. The van der Waals surface area contributed by atoms with Crippen LogP contribution in [-0.2, 0) is 16.0 Å². The van der Waals surface area contributed by atoms with Crippen LogP contribution in [0.4, 0.5) is 5.69 Å². The number of para-hydroxylation sites is 1. The zero-order chi connectivity index (χ0) is 15.3. The van der Waals surface area contributed by atoms with E-state index in [9.17, 15) is 4.79 Å². The van der Waals surface area contributed by atoms with Crippen LogP contribution in [0.1, 0.15) is 19.4 Å². The molecular formula is C13H15Cl4NO2. The first kappa shape index (κ1) is 17.7. The zero-order valence-corrected chi connectivity index (χ0v) is 14.1. The van der Waals surface area contributed by atoms with Gasteiger partial charge in [-0.3, -0.25) is 0 Å². The van der Waals surface area contributed by atoms with Gasteiger partial charge in [0.05, 0.1) is 10.7 Å². The molecule has 7 heteroatoms. The summed E-state index contributed by atoms with van der Waals surface area (Å²) in [4.78, 5) is 11.8. The van der Waals surface area contributed by atoms with E-state index >= 15 is 0 Å². The second-order valence-corrected chi connectivity index (χ2v) is 7.14. The molecule has 0 fully saturated rings. The summed E-state index contributed by atoms with van der Waals surface area (Å²) >= 11 is 22.7. The number of hydrogen-bond acceptors (Lipinski definition) is 3. The van der Waals surface area contributed by atoms with Gasteiger partial charge >= 0.3 is 5.97 Å². The highest BCUT2D eigenvalue weighted by molar-refractivity contribution is 6.67. The van der Waals surface area contributed by atoms with Crippen molar-refractivity contribution < 1.29 is 9.53 Å². The van der Waals surface area contributed by atoms with Gasteiger partial charge in [-0.25, -0.2) is 4.79 Å². The number of ether oxygens (including phenoxy) is 1. The summed E-state index contributed by atoms with van der Waals surface area (Å²) in [5, 5.41) is 3.58. The first-order chi connectivity index (χ1) is 9.24. The predicted octanol–water partition coefficient (Wildman–Crippen LogP) is 4.62. The van der Waals surface area contributed by atoms with Crippen LogP contribution in [-0.4, -0.2) is 22.4 Å². The Bertz CT molecular complexity index is 474. The highest BCUT2D eigenvalue weighted by atomic mass is 35.6. The summed E-state index contributed by atoms with van der Waals surface area (Å²) in [5.74, 6) is -0.515. The molecule has 112 valence electrons. The molecule has 0 saturated carbocycles. The number of halogens is 4. The number of nitrogens with one attached hydrogen (secondary N) is 1. The van der Waals surface area contributed by atoms with Gasteiger partial charge in [-0.2, -0.15) is 0 Å². The van der Waals surface area contributed by atoms with Gasteiger partial charge in [0.15, 0.2) is 0 Å². The Hall–Kier alpha value is -0.350. The molecule has 0 radical (unpaired) electrons. The van der Waals surface area contributed by atoms with E-state index in [1.807, 2.05) is 19.1 Å². The van der Waals surface area contributed by atoms with Crippen molar-refractivity contribution in [1.82, 2.24) is 0 Å². The van der Waals surface area contributed by atoms with Crippen molar-refractivity contribution in [2.45, 2.75) is 30.1 Å². The van der Waals surface area contributed by atoms with E-state index in [4.69, 9.17) is 51.1 Å². The first-order valence-corrected chi connectivity index (χ1v) is 7.53. The minimum atomic E-state index is -1.62. The second-order valence-electron chi connectivity index (χ2n) is 4.22. The lowest BCUT2D eigenvalue weighted by molar-refractivity contribution is -0.144. The number of carbonyl (C=O) groups is 1. The average Bonchev–Trinajstić information content (AvgIpc) is 2.37. The molecule has 1 rings (SSSR count). The maximum atomic E-state index is 11.8. The molecule has 1 atom stereocenters. The first-order valence-electron chi connectivity index (χ1n) is 6.02. The van der Waals surface area contributed by atoms with Crippen molar-refractivity contribution in [2.24, 2.45) is 0 Å². The summed E-state index contributed by atoms with van der Waals surface area (Å²) < 4.78 is 3.30. The van der Waals surface area contributed by atoms with Crippen LogP contribution in [0.25, 0.3) is 0 Å². The van der Waals surface area contributed by atoms with Crippen molar-refractivity contribution in [2.75, 3.05) is 11.9 Å². The number of rotatable bonds is 5. The Morgan fingerprint density at radius 3 is 2.60 bits per heavy atom. The Kier molecular flexibility index (Phi) is 6.73. The lowest BCUT2D eigenvalue weighted by Gasteiger charge is -2.19. The van der Waals surface area contributed by atoms with Crippen LogP contribution in [0, 0.1) is 0 Å². The second kappa shape index (κ2) is 7.60. The Morgan fingerprint density at radius 1 is 1.40 bits per heavy atom. The fourth-order valence-electron chi connectivity index (χ4n) is 1.58. The summed E-state index contributed by atoms with van der Waals surface area (Å²) in [6.45, 7) is 3.36. The highest BCUT2D eigenvalue weighted by Gasteiger charge is 2.24. The van der Waals surface area contributed by atoms with Gasteiger partial charge in [-0.1, -0.05) is 65.5 Å². The summed E-state index contributed by atoms with van der Waals surface area (Å²) in [6, 6.07) is 4.95. The van der Waals surface area contributed by atoms with Crippen molar-refractivity contribution in [3.63, 3.8) is 0 Å². The van der Waals surface area contributed by atoms with E-state index in [1.54, 1.807) is 13.0 Å². The largest absolute Gasteiger partial charge is 0.460 e. The van der Waals surface area contributed by atoms with E-state index in [0.717, 1.165) is 17.7 Å². The van der Waals surface area contributed by atoms with Gasteiger partial charge in [-0.15, -0.1) is 0 Å². The molecule has 0 amide bonds. The molecule has 3 nitrogen and oxygen atoms in total. The Labute approximate surface area is 138 Å². The maximum Gasteiger partial charge on any atom is 0.328 e. The summed E-state index contributed by atoms with van der Waals surface area (Å²) in [7, 11) is 0. The number of alkyl halides is 3. The molecule has 0 aliphatic carbocycles. The standard InChI is InChI=1S/C13H15Cl4NO2/c1-3-9-5-4-6-10(14)11(9)18-8(2)12(19)20-7-13(15,16)17/h4-6,8,18H,3,7H2,1-2H3/t8-/m0/s1. The Morgan fingerprint density at radius 2 is 2.05 bits per heavy atom. The molecule has 1 aromatic carbocycles. The smallest absolute Gasteiger partial charge is 0.328 e. The lowest BCUT2D eigenvalue weighted by atomic mass is 10.1. The third-order valence-electron chi connectivity index (χ3n) is 2.57. The van der Waals surface area contributed by atoms with Gasteiger partial charge < -0.3 is 10.1 Å². The molecule has 0 saturated heterocycles. The molecule has 0 bridgehead atoms. The lowest BCUT2D eigenvalue weighted by Crippen LogP contribution is -2.31. The third kappa shape index (κ3) is 5.57. The molecule has 0 aliphatic rings. The molecule has 20 heavy (non-hydrogen) atoms. The fourth-order valence-corrected chi connectivity index (χ4v) is 1.99. The average molecular weight is 359 g/mol. The topological polar surface area (TPSA) is 38.3 Å². The monoisotopic (exact) mass is 357 g/mol. The molecule has 0 heterocycles. The summed E-state index contributed by atoms with van der Waals surface area (Å²) in [6.07, 6.45) is 0.790. The van der Waals surface area contributed by atoms with Gasteiger partial charge in [0.1, 0.15) is 12.6 Å². The van der Waals surface area contributed by atoms with Crippen LogP contribution in [0.2, 0.25) is 5.02 Å². The van der Waals surface area contributed by atoms with E-state index < -0.39 is 15.8 Å².